The molecule has 0 unspecified atom stereocenters. The Labute approximate surface area is 131 Å². The number of halogens is 4. The van der Waals surface area contributed by atoms with E-state index in [1.165, 1.54) is 0 Å². The highest BCUT2D eigenvalue weighted by Crippen LogP contribution is 2.34. The highest BCUT2D eigenvalue weighted by Gasteiger charge is 2.15. The maximum absolute atomic E-state index is 6.14. The maximum Gasteiger partial charge on any atom is 0.164 e. The van der Waals surface area contributed by atoms with Gasteiger partial charge in [0.15, 0.2) is 5.82 Å². The Bertz CT molecular complexity index is 591. The highest BCUT2D eigenvalue weighted by molar-refractivity contribution is 6.43. The minimum absolute atomic E-state index is 0.355. The molecule has 0 aliphatic carbocycles. The monoisotopic (exact) mass is 334 g/mol. The molecule has 100 valence electrons. The molecular formula is C13H10Cl4N2. The van der Waals surface area contributed by atoms with Gasteiger partial charge in [-0.25, -0.2) is 9.97 Å². The molecule has 0 aliphatic rings. The summed E-state index contributed by atoms with van der Waals surface area (Å²) in [6.45, 7) is 2.04. The first-order chi connectivity index (χ1) is 9.04. The van der Waals surface area contributed by atoms with E-state index in [1.807, 2.05) is 6.92 Å². The van der Waals surface area contributed by atoms with Crippen LogP contribution >= 0.6 is 46.4 Å². The van der Waals surface area contributed by atoms with Gasteiger partial charge in [0.1, 0.15) is 10.3 Å². The Morgan fingerprint density at radius 1 is 1.00 bits per heavy atom. The van der Waals surface area contributed by atoms with Crippen molar-refractivity contribution in [1.82, 2.24) is 9.97 Å². The number of benzene rings is 1. The summed E-state index contributed by atoms with van der Waals surface area (Å²) < 4.78 is 0. The van der Waals surface area contributed by atoms with Crippen LogP contribution in [0.3, 0.4) is 0 Å². The van der Waals surface area contributed by atoms with Crippen LogP contribution in [0.1, 0.15) is 18.9 Å². The Morgan fingerprint density at radius 2 is 1.63 bits per heavy atom. The third-order valence-corrected chi connectivity index (χ3v) is 4.04. The zero-order valence-corrected chi connectivity index (χ0v) is 13.1. The van der Waals surface area contributed by atoms with E-state index in [1.54, 1.807) is 18.2 Å². The molecule has 6 heteroatoms. The molecule has 1 aromatic heterocycles. The van der Waals surface area contributed by atoms with Crippen LogP contribution in [0.4, 0.5) is 0 Å². The molecule has 0 saturated carbocycles. The molecule has 0 N–H and O–H groups in total. The lowest BCUT2D eigenvalue weighted by atomic mass is 10.2. The Morgan fingerprint density at radius 3 is 2.21 bits per heavy atom. The van der Waals surface area contributed by atoms with Gasteiger partial charge in [-0.3, -0.25) is 0 Å². The van der Waals surface area contributed by atoms with Crippen molar-refractivity contribution >= 4 is 46.4 Å². The minimum Gasteiger partial charge on any atom is -0.216 e. The van der Waals surface area contributed by atoms with E-state index in [0.717, 1.165) is 18.4 Å². The van der Waals surface area contributed by atoms with E-state index >= 15 is 0 Å². The van der Waals surface area contributed by atoms with Gasteiger partial charge < -0.3 is 0 Å². The molecule has 0 bridgehead atoms. The summed E-state index contributed by atoms with van der Waals surface area (Å²) in [4.78, 5) is 8.50. The van der Waals surface area contributed by atoms with Crippen LogP contribution < -0.4 is 0 Å². The van der Waals surface area contributed by atoms with Crippen LogP contribution in [-0.2, 0) is 6.42 Å². The molecule has 2 rings (SSSR count). The van der Waals surface area contributed by atoms with Crippen molar-refractivity contribution in [3.63, 3.8) is 0 Å². The molecule has 0 fully saturated rings. The molecule has 19 heavy (non-hydrogen) atoms. The van der Waals surface area contributed by atoms with Gasteiger partial charge in [-0.1, -0.05) is 65.8 Å². The molecule has 0 radical (unpaired) electrons. The normalized spacial score (nSPS) is 10.8. The van der Waals surface area contributed by atoms with Gasteiger partial charge in [0.05, 0.1) is 10.0 Å². The quantitative estimate of drug-likeness (QED) is 0.671. The van der Waals surface area contributed by atoms with E-state index in [9.17, 15) is 0 Å². The molecule has 0 aliphatic heterocycles. The summed E-state index contributed by atoms with van der Waals surface area (Å²) in [5.41, 5.74) is 1.37. The second-order valence-corrected chi connectivity index (χ2v) is 5.46. The standard InChI is InChI=1S/C13H10Cl4N2/c1-2-4-8-11(16)18-13(19-12(8)17)7-5-3-6-9(14)10(7)15/h3,5-6H,2,4H2,1H3. The lowest BCUT2D eigenvalue weighted by molar-refractivity contribution is 0.903. The highest BCUT2D eigenvalue weighted by atomic mass is 35.5. The first-order valence-electron chi connectivity index (χ1n) is 5.71. The fraction of sp³-hybridized carbons (Fsp3) is 0.231. The zero-order chi connectivity index (χ0) is 14.0. The Hall–Kier alpha value is -0.540. The van der Waals surface area contributed by atoms with Crippen molar-refractivity contribution in [1.29, 1.82) is 0 Å². The summed E-state index contributed by atoms with van der Waals surface area (Å²) in [6.07, 6.45) is 1.65. The molecule has 2 aromatic rings. The van der Waals surface area contributed by atoms with Crippen LogP contribution in [-0.4, -0.2) is 9.97 Å². The summed E-state index contributed by atoms with van der Waals surface area (Å²) in [6, 6.07) is 5.24. The third kappa shape index (κ3) is 3.14. The van der Waals surface area contributed by atoms with E-state index in [4.69, 9.17) is 46.4 Å². The second-order valence-electron chi connectivity index (χ2n) is 3.96. The van der Waals surface area contributed by atoms with Gasteiger partial charge in [0.25, 0.3) is 0 Å². The molecule has 0 saturated heterocycles. The van der Waals surface area contributed by atoms with Crippen molar-refractivity contribution in [2.45, 2.75) is 19.8 Å². The maximum atomic E-state index is 6.14. The van der Waals surface area contributed by atoms with Gasteiger partial charge in [0.2, 0.25) is 0 Å². The van der Waals surface area contributed by atoms with Crippen LogP contribution in [0, 0.1) is 0 Å². The summed E-state index contributed by atoms with van der Waals surface area (Å²) in [7, 11) is 0. The van der Waals surface area contributed by atoms with Gasteiger partial charge in [-0.2, -0.15) is 0 Å². The predicted octanol–water partition coefficient (Wildman–Crippen LogP) is 5.71. The smallest absolute Gasteiger partial charge is 0.164 e. The molecule has 2 nitrogen and oxygen atoms in total. The Kier molecular flexibility index (Phi) is 4.91. The van der Waals surface area contributed by atoms with Gasteiger partial charge >= 0.3 is 0 Å². The van der Waals surface area contributed by atoms with Crippen molar-refractivity contribution in [2.75, 3.05) is 0 Å². The predicted molar refractivity (Wildman–Crippen MR) is 81.5 cm³/mol. The number of nitrogens with zero attached hydrogens (tertiary/aromatic N) is 2. The summed E-state index contributed by atoms with van der Waals surface area (Å²) >= 11 is 24.4. The van der Waals surface area contributed by atoms with Crippen LogP contribution in [0.15, 0.2) is 18.2 Å². The molecular weight excluding hydrogens is 326 g/mol. The van der Waals surface area contributed by atoms with Gasteiger partial charge in [-0.05, 0) is 18.6 Å². The van der Waals surface area contributed by atoms with Crippen molar-refractivity contribution in [2.24, 2.45) is 0 Å². The third-order valence-electron chi connectivity index (χ3n) is 2.60. The number of aromatic nitrogens is 2. The largest absolute Gasteiger partial charge is 0.216 e. The molecule has 0 spiro atoms. The molecule has 0 atom stereocenters. The zero-order valence-electron chi connectivity index (χ0n) is 10.1. The minimum atomic E-state index is 0.355. The van der Waals surface area contributed by atoms with E-state index in [0.29, 0.717) is 31.7 Å². The van der Waals surface area contributed by atoms with Crippen LogP contribution in [0.5, 0.6) is 0 Å². The summed E-state index contributed by atoms with van der Waals surface area (Å²) in [5.74, 6) is 0.377. The van der Waals surface area contributed by atoms with Crippen LogP contribution in [0.25, 0.3) is 11.4 Å². The molecule has 1 heterocycles. The van der Waals surface area contributed by atoms with Gasteiger partial charge in [-0.15, -0.1) is 0 Å². The van der Waals surface area contributed by atoms with E-state index in [-0.39, 0.29) is 0 Å². The summed E-state index contributed by atoms with van der Waals surface area (Å²) in [5, 5.41) is 1.54. The first kappa shape index (κ1) is 14.9. The Balaban J connectivity index is 2.55. The molecule has 0 amide bonds. The number of hydrogen-bond donors (Lipinski definition) is 0. The van der Waals surface area contributed by atoms with Crippen molar-refractivity contribution < 1.29 is 0 Å². The van der Waals surface area contributed by atoms with Gasteiger partial charge in [0, 0.05) is 11.1 Å². The lowest BCUT2D eigenvalue weighted by Crippen LogP contribution is -1.98. The van der Waals surface area contributed by atoms with E-state index in [2.05, 4.69) is 9.97 Å². The van der Waals surface area contributed by atoms with Crippen LogP contribution in [0.2, 0.25) is 20.4 Å². The number of hydrogen-bond acceptors (Lipinski definition) is 2. The lowest BCUT2D eigenvalue weighted by Gasteiger charge is -2.09. The van der Waals surface area contributed by atoms with Crippen molar-refractivity contribution in [3.8, 4) is 11.4 Å². The SMILES string of the molecule is CCCc1c(Cl)nc(-c2cccc(Cl)c2Cl)nc1Cl. The fourth-order valence-corrected chi connectivity index (χ4v) is 2.65. The van der Waals surface area contributed by atoms with Crippen molar-refractivity contribution in [3.05, 3.63) is 44.1 Å². The topological polar surface area (TPSA) is 25.8 Å². The average molecular weight is 336 g/mol. The second kappa shape index (κ2) is 6.27. The fourth-order valence-electron chi connectivity index (χ4n) is 1.68. The molecule has 1 aromatic carbocycles. The first-order valence-corrected chi connectivity index (χ1v) is 7.22. The van der Waals surface area contributed by atoms with E-state index < -0.39 is 0 Å². The number of rotatable bonds is 3. The average Bonchev–Trinajstić information content (AvgIpc) is 2.37.